The first kappa shape index (κ1) is 22.0. The van der Waals surface area contributed by atoms with Gasteiger partial charge in [-0.2, -0.15) is 0 Å². The van der Waals surface area contributed by atoms with E-state index in [4.69, 9.17) is 0 Å². The molecule has 0 unspecified atom stereocenters. The summed E-state index contributed by atoms with van der Waals surface area (Å²) in [5.41, 5.74) is 3.95. The van der Waals surface area contributed by atoms with Crippen molar-refractivity contribution in [1.82, 2.24) is 25.2 Å². The first-order chi connectivity index (χ1) is 17.2. The minimum atomic E-state index is -0.210. The Hall–Kier alpha value is -3.52. The molecule has 1 aliphatic carbocycles. The maximum atomic E-state index is 13.5. The van der Waals surface area contributed by atoms with Crippen LogP contribution in [-0.4, -0.2) is 51.4 Å². The standard InChI is InChI=1S/C27H31N7O/c1-19-11-12-20-18-23(27(35)28-24(20)17-19)25(26-29-30-31-34(26)22-9-5-6-10-22)33-15-13-32(14-16-33)21-7-3-2-4-8-21/h2-4,7-8,11-12,17-18,22,25H,5-6,9-10,13-16H2,1H3,(H,28,35)/p+1/t25-/m0/s1. The molecular formula is C27H32N7O+. The quantitative estimate of drug-likeness (QED) is 0.468. The lowest BCUT2D eigenvalue weighted by Crippen LogP contribution is -3.15. The van der Waals surface area contributed by atoms with Crippen LogP contribution < -0.4 is 15.4 Å². The Bertz CT molecular complexity index is 1370. The summed E-state index contributed by atoms with van der Waals surface area (Å²) in [4.78, 5) is 20.4. The number of anilines is 1. The number of nitrogens with one attached hydrogen (secondary N) is 2. The molecule has 0 amide bonds. The zero-order chi connectivity index (χ0) is 23.8. The minimum Gasteiger partial charge on any atom is -0.360 e. The summed E-state index contributed by atoms with van der Waals surface area (Å²) in [7, 11) is 0. The van der Waals surface area contributed by atoms with E-state index in [0.29, 0.717) is 6.04 Å². The highest BCUT2D eigenvalue weighted by atomic mass is 16.1. The van der Waals surface area contributed by atoms with Crippen LogP contribution >= 0.6 is 0 Å². The van der Waals surface area contributed by atoms with Gasteiger partial charge in [-0.3, -0.25) is 4.79 Å². The Morgan fingerprint density at radius 2 is 1.80 bits per heavy atom. The number of quaternary nitrogens is 1. The number of piperazine rings is 1. The molecule has 2 aliphatic rings. The molecule has 8 nitrogen and oxygen atoms in total. The fourth-order valence-corrected chi connectivity index (χ4v) is 5.87. The average Bonchev–Trinajstić information content (AvgIpc) is 3.58. The lowest BCUT2D eigenvalue weighted by molar-refractivity contribution is -0.927. The Balaban J connectivity index is 1.39. The SMILES string of the molecule is Cc1ccc2cc([C@@H](c3nnnn3C3CCCC3)[NH+]3CCN(c4ccccc4)CC3)c(=O)[nH]c2c1. The van der Waals surface area contributed by atoms with Crippen molar-refractivity contribution in [2.24, 2.45) is 0 Å². The van der Waals surface area contributed by atoms with E-state index in [1.807, 2.05) is 17.7 Å². The van der Waals surface area contributed by atoms with E-state index in [9.17, 15) is 4.79 Å². The maximum absolute atomic E-state index is 13.5. The molecule has 6 rings (SSSR count). The second-order valence-corrected chi connectivity index (χ2v) is 9.98. The summed E-state index contributed by atoms with van der Waals surface area (Å²) in [6.07, 6.45) is 4.59. The van der Waals surface area contributed by atoms with Gasteiger partial charge in [0.15, 0.2) is 6.04 Å². The molecule has 2 aromatic heterocycles. The van der Waals surface area contributed by atoms with E-state index in [-0.39, 0.29) is 11.6 Å². The van der Waals surface area contributed by atoms with Crippen LogP contribution in [0.1, 0.15) is 54.7 Å². The largest absolute Gasteiger partial charge is 0.360 e. The van der Waals surface area contributed by atoms with Gasteiger partial charge in [0.05, 0.1) is 37.8 Å². The Morgan fingerprint density at radius 1 is 1.03 bits per heavy atom. The molecule has 35 heavy (non-hydrogen) atoms. The number of benzene rings is 2. The smallest absolute Gasteiger partial charge is 0.258 e. The molecule has 4 aromatic rings. The molecule has 0 spiro atoms. The molecule has 2 N–H and O–H groups in total. The lowest BCUT2D eigenvalue weighted by Gasteiger charge is -2.37. The van der Waals surface area contributed by atoms with Crippen LogP contribution in [0.4, 0.5) is 5.69 Å². The average molecular weight is 471 g/mol. The Labute approximate surface area is 204 Å². The molecule has 2 fully saturated rings. The summed E-state index contributed by atoms with van der Waals surface area (Å²) in [6.45, 7) is 5.70. The molecule has 1 saturated carbocycles. The van der Waals surface area contributed by atoms with Crippen molar-refractivity contribution in [3.63, 3.8) is 0 Å². The van der Waals surface area contributed by atoms with Crippen molar-refractivity contribution in [2.45, 2.75) is 44.7 Å². The minimum absolute atomic E-state index is 0.0490. The topological polar surface area (TPSA) is 84.1 Å². The van der Waals surface area contributed by atoms with Crippen LogP contribution in [0.2, 0.25) is 0 Å². The Morgan fingerprint density at radius 3 is 2.57 bits per heavy atom. The molecular weight excluding hydrogens is 438 g/mol. The molecule has 1 atom stereocenters. The van der Waals surface area contributed by atoms with Gasteiger partial charge in [0.2, 0.25) is 5.82 Å². The summed E-state index contributed by atoms with van der Waals surface area (Å²) in [6, 6.07) is 18.9. The van der Waals surface area contributed by atoms with Gasteiger partial charge in [-0.1, -0.05) is 43.2 Å². The number of aromatic nitrogens is 5. The van der Waals surface area contributed by atoms with Crippen LogP contribution in [0.3, 0.4) is 0 Å². The van der Waals surface area contributed by atoms with Gasteiger partial charge >= 0.3 is 0 Å². The maximum Gasteiger partial charge on any atom is 0.258 e. The molecule has 1 saturated heterocycles. The number of nitrogens with zero attached hydrogens (tertiary/aromatic N) is 5. The molecule has 2 aromatic carbocycles. The molecule has 1 aliphatic heterocycles. The fraction of sp³-hybridized carbons (Fsp3) is 0.407. The van der Waals surface area contributed by atoms with Crippen LogP contribution in [-0.2, 0) is 0 Å². The van der Waals surface area contributed by atoms with Gasteiger partial charge in [-0.05, 0) is 65.4 Å². The van der Waals surface area contributed by atoms with E-state index < -0.39 is 0 Å². The predicted molar refractivity (Wildman–Crippen MR) is 136 cm³/mol. The highest BCUT2D eigenvalue weighted by Gasteiger charge is 2.37. The van der Waals surface area contributed by atoms with Crippen LogP contribution in [0.25, 0.3) is 10.9 Å². The number of aryl methyl sites for hydroxylation is 1. The van der Waals surface area contributed by atoms with Crippen molar-refractivity contribution in [3.8, 4) is 0 Å². The molecule has 0 bridgehead atoms. The zero-order valence-corrected chi connectivity index (χ0v) is 20.2. The number of hydrogen-bond donors (Lipinski definition) is 2. The first-order valence-electron chi connectivity index (χ1n) is 12.7. The van der Waals surface area contributed by atoms with Gasteiger partial charge in [0, 0.05) is 11.2 Å². The van der Waals surface area contributed by atoms with Gasteiger partial charge in [0.1, 0.15) is 0 Å². The summed E-state index contributed by atoms with van der Waals surface area (Å²) >= 11 is 0. The van der Waals surface area contributed by atoms with Gasteiger partial charge < -0.3 is 14.8 Å². The summed E-state index contributed by atoms with van der Waals surface area (Å²) in [5.74, 6) is 0.817. The van der Waals surface area contributed by atoms with Crippen LogP contribution in [0, 0.1) is 6.92 Å². The van der Waals surface area contributed by atoms with Gasteiger partial charge in [-0.25, -0.2) is 4.68 Å². The second kappa shape index (κ2) is 9.26. The first-order valence-corrected chi connectivity index (χ1v) is 12.7. The number of H-pyrrole nitrogens is 1. The number of pyridine rings is 1. The van der Waals surface area contributed by atoms with Crippen molar-refractivity contribution < 1.29 is 4.90 Å². The highest BCUT2D eigenvalue weighted by Crippen LogP contribution is 2.31. The number of rotatable bonds is 5. The number of tetrazole rings is 1. The lowest BCUT2D eigenvalue weighted by atomic mass is 10.0. The van der Waals surface area contributed by atoms with Gasteiger partial charge in [0.25, 0.3) is 5.56 Å². The number of fused-ring (bicyclic) bond motifs is 1. The molecule has 180 valence electrons. The zero-order valence-electron chi connectivity index (χ0n) is 20.2. The summed E-state index contributed by atoms with van der Waals surface area (Å²) in [5, 5.41) is 14.1. The van der Waals surface area contributed by atoms with E-state index in [1.54, 1.807) is 0 Å². The normalized spacial score (nSPS) is 18.4. The monoisotopic (exact) mass is 470 g/mol. The van der Waals surface area contributed by atoms with Crippen molar-refractivity contribution in [1.29, 1.82) is 0 Å². The predicted octanol–water partition coefficient (Wildman–Crippen LogP) is 2.43. The van der Waals surface area contributed by atoms with Crippen LogP contribution in [0.15, 0.2) is 59.4 Å². The molecule has 3 heterocycles. The van der Waals surface area contributed by atoms with Gasteiger partial charge in [-0.15, -0.1) is 5.10 Å². The molecule has 8 heteroatoms. The van der Waals surface area contributed by atoms with E-state index in [2.05, 4.69) is 73.9 Å². The summed E-state index contributed by atoms with van der Waals surface area (Å²) < 4.78 is 2.02. The second-order valence-electron chi connectivity index (χ2n) is 9.98. The molecule has 0 radical (unpaired) electrons. The third kappa shape index (κ3) is 4.23. The van der Waals surface area contributed by atoms with Crippen molar-refractivity contribution in [3.05, 3.63) is 81.9 Å². The highest BCUT2D eigenvalue weighted by molar-refractivity contribution is 5.79. The fourth-order valence-electron chi connectivity index (χ4n) is 5.87. The number of hydrogen-bond acceptors (Lipinski definition) is 5. The van der Waals surface area contributed by atoms with E-state index in [1.165, 1.54) is 23.4 Å². The van der Waals surface area contributed by atoms with Crippen molar-refractivity contribution in [2.75, 3.05) is 31.1 Å². The number of aromatic amines is 1. The van der Waals surface area contributed by atoms with Crippen molar-refractivity contribution >= 4 is 16.6 Å². The van der Waals surface area contributed by atoms with Crippen LogP contribution in [0.5, 0.6) is 0 Å². The Kier molecular flexibility index (Phi) is 5.82. The third-order valence-corrected chi connectivity index (χ3v) is 7.72. The van der Waals surface area contributed by atoms with E-state index in [0.717, 1.165) is 66.9 Å². The van der Waals surface area contributed by atoms with E-state index >= 15 is 0 Å². The number of para-hydroxylation sites is 1. The third-order valence-electron chi connectivity index (χ3n) is 7.72.